The average molecular weight is 272 g/mol. The summed E-state index contributed by atoms with van der Waals surface area (Å²) in [7, 11) is 0. The van der Waals surface area contributed by atoms with Crippen LogP contribution < -0.4 is 0 Å². The highest BCUT2D eigenvalue weighted by Crippen LogP contribution is 2.30. The maximum absolute atomic E-state index is 12.5. The molecule has 20 heavy (non-hydrogen) atoms. The molecule has 1 atom stereocenters. The van der Waals surface area contributed by atoms with Gasteiger partial charge in [-0.15, -0.1) is 0 Å². The Labute approximate surface area is 121 Å². The van der Waals surface area contributed by atoms with E-state index in [0.29, 0.717) is 0 Å². The fourth-order valence-corrected chi connectivity index (χ4v) is 3.01. The molecule has 2 fully saturated rings. The lowest BCUT2D eigenvalue weighted by Crippen LogP contribution is -2.52. The molecule has 3 rings (SSSR count). The zero-order valence-electron chi connectivity index (χ0n) is 12.3. The summed E-state index contributed by atoms with van der Waals surface area (Å²) in [6, 6.07) is 9.67. The number of Topliss-reactive ketones (excluding diaryl/α,β-unsaturated/α-hetero) is 1. The minimum Gasteiger partial charge on any atom is -0.301 e. The molecule has 3 heteroatoms. The van der Waals surface area contributed by atoms with Gasteiger partial charge in [-0.25, -0.2) is 0 Å². The molecule has 1 saturated carbocycles. The number of nitrogens with zero attached hydrogens (tertiary/aromatic N) is 2. The Morgan fingerprint density at radius 3 is 2.40 bits per heavy atom. The number of benzene rings is 1. The summed E-state index contributed by atoms with van der Waals surface area (Å²) in [6.45, 7) is 7.59. The van der Waals surface area contributed by atoms with Gasteiger partial charge in [0.1, 0.15) is 0 Å². The Bertz CT molecular complexity index is 447. The molecular weight excluding hydrogens is 248 g/mol. The molecule has 1 aromatic rings. The molecule has 1 aliphatic heterocycles. The maximum atomic E-state index is 12.5. The van der Waals surface area contributed by atoms with Crippen LogP contribution in [0.1, 0.15) is 30.1 Å². The van der Waals surface area contributed by atoms with Crippen molar-refractivity contribution in [1.82, 2.24) is 9.80 Å². The van der Waals surface area contributed by atoms with Crippen LogP contribution in [-0.2, 0) is 0 Å². The van der Waals surface area contributed by atoms with Crippen LogP contribution in [0.5, 0.6) is 0 Å². The van der Waals surface area contributed by atoms with Crippen molar-refractivity contribution in [3.05, 3.63) is 35.9 Å². The number of carbonyl (C=O) groups is 1. The quantitative estimate of drug-likeness (QED) is 0.768. The van der Waals surface area contributed by atoms with Crippen LogP contribution in [0.25, 0.3) is 0 Å². The van der Waals surface area contributed by atoms with E-state index in [9.17, 15) is 4.79 Å². The molecule has 0 N–H and O–H groups in total. The van der Waals surface area contributed by atoms with E-state index >= 15 is 0 Å². The SMILES string of the molecule is CC(C(=O)c1ccccc1)N1CCN(CC2CC2)CC1. The fraction of sp³-hybridized carbons (Fsp3) is 0.588. The molecule has 1 heterocycles. The Kier molecular flexibility index (Phi) is 4.18. The zero-order valence-corrected chi connectivity index (χ0v) is 12.3. The number of ketones is 1. The van der Waals surface area contributed by atoms with E-state index in [4.69, 9.17) is 0 Å². The first-order chi connectivity index (χ1) is 9.74. The summed E-state index contributed by atoms with van der Waals surface area (Å²) in [5.41, 5.74) is 0.834. The Balaban J connectivity index is 1.53. The number of rotatable bonds is 5. The van der Waals surface area contributed by atoms with E-state index in [1.807, 2.05) is 37.3 Å². The van der Waals surface area contributed by atoms with Gasteiger partial charge in [0.2, 0.25) is 0 Å². The largest absolute Gasteiger partial charge is 0.301 e. The minimum atomic E-state index is 0.000440. The fourth-order valence-electron chi connectivity index (χ4n) is 3.01. The molecule has 108 valence electrons. The zero-order chi connectivity index (χ0) is 13.9. The minimum absolute atomic E-state index is 0.000440. The second kappa shape index (κ2) is 6.06. The van der Waals surface area contributed by atoms with E-state index in [1.54, 1.807) is 0 Å². The van der Waals surface area contributed by atoms with Crippen molar-refractivity contribution in [2.45, 2.75) is 25.8 Å². The predicted molar refractivity (Wildman–Crippen MR) is 81.0 cm³/mol. The van der Waals surface area contributed by atoms with Gasteiger partial charge in [-0.05, 0) is 25.7 Å². The van der Waals surface area contributed by atoms with Crippen LogP contribution in [0, 0.1) is 5.92 Å². The van der Waals surface area contributed by atoms with Gasteiger partial charge in [0.25, 0.3) is 0 Å². The maximum Gasteiger partial charge on any atom is 0.179 e. The monoisotopic (exact) mass is 272 g/mol. The molecule has 0 bridgehead atoms. The molecule has 0 aromatic heterocycles. The predicted octanol–water partition coefficient (Wildman–Crippen LogP) is 2.29. The first-order valence-corrected chi connectivity index (χ1v) is 7.79. The highest BCUT2D eigenvalue weighted by molar-refractivity contribution is 5.99. The lowest BCUT2D eigenvalue weighted by Gasteiger charge is -2.37. The lowest BCUT2D eigenvalue weighted by molar-refractivity contribution is 0.0692. The standard InChI is InChI=1S/C17H24N2O/c1-14(17(20)16-5-3-2-4-6-16)19-11-9-18(10-12-19)13-15-7-8-15/h2-6,14-15H,7-13H2,1H3. The average Bonchev–Trinajstić information content (AvgIpc) is 3.31. The van der Waals surface area contributed by atoms with Crippen molar-refractivity contribution in [2.24, 2.45) is 5.92 Å². The van der Waals surface area contributed by atoms with Crippen LogP contribution in [-0.4, -0.2) is 54.3 Å². The van der Waals surface area contributed by atoms with Crippen LogP contribution in [0.2, 0.25) is 0 Å². The van der Waals surface area contributed by atoms with Crippen molar-refractivity contribution in [1.29, 1.82) is 0 Å². The first-order valence-electron chi connectivity index (χ1n) is 7.79. The summed E-state index contributed by atoms with van der Waals surface area (Å²) in [5, 5.41) is 0. The molecule has 1 aromatic carbocycles. The number of hydrogen-bond donors (Lipinski definition) is 0. The summed E-state index contributed by atoms with van der Waals surface area (Å²) < 4.78 is 0. The second-order valence-electron chi connectivity index (χ2n) is 6.19. The number of hydrogen-bond acceptors (Lipinski definition) is 3. The van der Waals surface area contributed by atoms with E-state index in [0.717, 1.165) is 37.7 Å². The summed E-state index contributed by atoms with van der Waals surface area (Å²) in [5.74, 6) is 1.21. The molecule has 1 saturated heterocycles. The van der Waals surface area contributed by atoms with Gasteiger partial charge >= 0.3 is 0 Å². The third kappa shape index (κ3) is 3.28. The topological polar surface area (TPSA) is 23.6 Å². The Hall–Kier alpha value is -1.19. The molecular formula is C17H24N2O. The van der Waals surface area contributed by atoms with Crippen LogP contribution >= 0.6 is 0 Å². The highest BCUT2D eigenvalue weighted by atomic mass is 16.1. The van der Waals surface area contributed by atoms with E-state index in [1.165, 1.54) is 19.4 Å². The van der Waals surface area contributed by atoms with Gasteiger partial charge in [-0.1, -0.05) is 30.3 Å². The lowest BCUT2D eigenvalue weighted by atomic mass is 10.0. The van der Waals surface area contributed by atoms with E-state index in [-0.39, 0.29) is 11.8 Å². The van der Waals surface area contributed by atoms with Gasteiger partial charge in [0.05, 0.1) is 6.04 Å². The summed E-state index contributed by atoms with van der Waals surface area (Å²) in [6.07, 6.45) is 2.84. The number of carbonyl (C=O) groups excluding carboxylic acids is 1. The second-order valence-corrected chi connectivity index (χ2v) is 6.19. The molecule has 1 unspecified atom stereocenters. The normalized spacial score (nSPS) is 22.6. The molecule has 1 aliphatic carbocycles. The van der Waals surface area contributed by atoms with Crippen molar-refractivity contribution >= 4 is 5.78 Å². The highest BCUT2D eigenvalue weighted by Gasteiger charge is 2.29. The van der Waals surface area contributed by atoms with E-state index < -0.39 is 0 Å². The molecule has 0 radical (unpaired) electrons. The van der Waals surface area contributed by atoms with Crippen LogP contribution in [0.4, 0.5) is 0 Å². The molecule has 0 amide bonds. The van der Waals surface area contributed by atoms with Gasteiger partial charge in [0.15, 0.2) is 5.78 Å². The van der Waals surface area contributed by atoms with Crippen molar-refractivity contribution in [3.63, 3.8) is 0 Å². The summed E-state index contributed by atoms with van der Waals surface area (Å²) in [4.78, 5) is 17.4. The Morgan fingerprint density at radius 2 is 1.80 bits per heavy atom. The third-order valence-corrected chi connectivity index (χ3v) is 4.61. The van der Waals surface area contributed by atoms with Crippen LogP contribution in [0.15, 0.2) is 30.3 Å². The van der Waals surface area contributed by atoms with Crippen molar-refractivity contribution < 1.29 is 4.79 Å². The van der Waals surface area contributed by atoms with Gasteiger partial charge in [0, 0.05) is 38.3 Å². The van der Waals surface area contributed by atoms with Gasteiger partial charge in [-0.3, -0.25) is 9.69 Å². The smallest absolute Gasteiger partial charge is 0.179 e. The Morgan fingerprint density at radius 1 is 1.15 bits per heavy atom. The third-order valence-electron chi connectivity index (χ3n) is 4.61. The van der Waals surface area contributed by atoms with Gasteiger partial charge < -0.3 is 4.90 Å². The number of piperazine rings is 1. The van der Waals surface area contributed by atoms with Crippen molar-refractivity contribution in [3.8, 4) is 0 Å². The van der Waals surface area contributed by atoms with E-state index in [2.05, 4.69) is 9.80 Å². The van der Waals surface area contributed by atoms with Crippen molar-refractivity contribution in [2.75, 3.05) is 32.7 Å². The van der Waals surface area contributed by atoms with Gasteiger partial charge in [-0.2, -0.15) is 0 Å². The first kappa shape index (κ1) is 13.8. The summed E-state index contributed by atoms with van der Waals surface area (Å²) >= 11 is 0. The van der Waals surface area contributed by atoms with Crippen LogP contribution in [0.3, 0.4) is 0 Å². The molecule has 0 spiro atoms. The molecule has 3 nitrogen and oxygen atoms in total. The molecule has 2 aliphatic rings.